The van der Waals surface area contributed by atoms with Crippen LogP contribution in [-0.2, 0) is 15.8 Å². The summed E-state index contributed by atoms with van der Waals surface area (Å²) in [5, 5.41) is 17.8. The monoisotopic (exact) mass is 670 g/mol. The Morgan fingerprint density at radius 3 is 2.35 bits per heavy atom. The number of nitrogens with one attached hydrogen (secondary N) is 3. The Hall–Kier alpha value is -4.55. The summed E-state index contributed by atoms with van der Waals surface area (Å²) < 4.78 is 14.1. The third kappa shape index (κ3) is 8.02. The van der Waals surface area contributed by atoms with E-state index in [1.54, 1.807) is 13.2 Å². The zero-order valence-electron chi connectivity index (χ0n) is 30.3. The van der Waals surface area contributed by atoms with Crippen LogP contribution < -0.4 is 20.7 Å². The summed E-state index contributed by atoms with van der Waals surface area (Å²) in [6.07, 6.45) is 3.04. The van der Waals surface area contributed by atoms with Crippen molar-refractivity contribution in [2.75, 3.05) is 33.1 Å². The third-order valence-corrected chi connectivity index (χ3v) is 9.42. The predicted octanol–water partition coefficient (Wildman–Crippen LogP) is 6.15. The molecular formula is C37H50N8O4. The predicted molar refractivity (Wildman–Crippen MR) is 190 cm³/mol. The van der Waals surface area contributed by atoms with Crippen molar-refractivity contribution in [3.8, 4) is 5.75 Å². The van der Waals surface area contributed by atoms with E-state index in [-0.39, 0.29) is 40.7 Å². The second-order valence-corrected chi connectivity index (χ2v) is 15.1. The molecule has 3 amide bonds. The van der Waals surface area contributed by atoms with E-state index in [0.717, 1.165) is 11.1 Å². The maximum absolute atomic E-state index is 13.5. The minimum absolute atomic E-state index is 0.210. The minimum Gasteiger partial charge on any atom is -0.484 e. The molecule has 262 valence electrons. The van der Waals surface area contributed by atoms with Gasteiger partial charge in [-0.25, -0.2) is 9.78 Å². The summed E-state index contributed by atoms with van der Waals surface area (Å²) in [7, 11) is 5.60. The van der Waals surface area contributed by atoms with Crippen molar-refractivity contribution in [2.45, 2.75) is 90.0 Å². The highest BCUT2D eigenvalue weighted by Crippen LogP contribution is 2.39. The van der Waals surface area contributed by atoms with Crippen LogP contribution in [-0.4, -0.2) is 69.7 Å². The summed E-state index contributed by atoms with van der Waals surface area (Å²) in [5.41, 5.74) is 2.95. The maximum atomic E-state index is 13.5. The number of ether oxygens (including phenoxy) is 2. The lowest BCUT2D eigenvalue weighted by atomic mass is 9.85. The van der Waals surface area contributed by atoms with E-state index < -0.39 is 5.60 Å². The number of anilines is 1. The number of hydrogen-bond donors (Lipinski definition) is 3. The Bertz CT molecular complexity index is 1820. The molecule has 5 rings (SSSR count). The van der Waals surface area contributed by atoms with E-state index in [9.17, 15) is 9.59 Å². The first kappa shape index (κ1) is 35.7. The van der Waals surface area contributed by atoms with Gasteiger partial charge in [0.05, 0.1) is 12.2 Å². The van der Waals surface area contributed by atoms with Crippen LogP contribution in [0.3, 0.4) is 0 Å². The number of pyridine rings is 2. The molecule has 0 radical (unpaired) electrons. The number of hydrogen-bond acceptors (Lipinski definition) is 8. The van der Waals surface area contributed by atoms with E-state index in [4.69, 9.17) is 9.47 Å². The molecule has 0 fully saturated rings. The summed E-state index contributed by atoms with van der Waals surface area (Å²) >= 11 is 0. The lowest BCUT2D eigenvalue weighted by Crippen LogP contribution is -2.48. The van der Waals surface area contributed by atoms with Crippen molar-refractivity contribution in [2.24, 2.45) is 0 Å². The SMILES string of the molecule is COC(C)(C)c1nnc2ccc(O[C@@H]3CC[C@H](NC(=O)Nc4cc(C(=O)NCC(C)(C)N(C)C)nc(C(C)(C)C)c4)c4ccccc43)cn12. The van der Waals surface area contributed by atoms with E-state index in [1.807, 2.05) is 102 Å². The van der Waals surface area contributed by atoms with Crippen molar-refractivity contribution in [1.29, 1.82) is 0 Å². The van der Waals surface area contributed by atoms with E-state index in [1.165, 1.54) is 0 Å². The number of carbonyl (C=O) groups is 2. The second-order valence-electron chi connectivity index (χ2n) is 15.1. The lowest BCUT2D eigenvalue weighted by molar-refractivity contribution is 0.0106. The average molecular weight is 671 g/mol. The molecule has 0 saturated heterocycles. The Kier molecular flexibility index (Phi) is 10.0. The van der Waals surface area contributed by atoms with E-state index in [0.29, 0.717) is 48.0 Å². The maximum Gasteiger partial charge on any atom is 0.319 e. The molecule has 0 bridgehead atoms. The Balaban J connectivity index is 1.31. The molecule has 0 spiro atoms. The molecule has 4 aromatic rings. The molecule has 49 heavy (non-hydrogen) atoms. The van der Waals surface area contributed by atoms with Crippen LogP contribution in [0.5, 0.6) is 5.75 Å². The highest BCUT2D eigenvalue weighted by atomic mass is 16.5. The lowest BCUT2D eigenvalue weighted by Gasteiger charge is -2.32. The topological polar surface area (TPSA) is 135 Å². The summed E-state index contributed by atoms with van der Waals surface area (Å²) in [6.45, 7) is 14.5. The average Bonchev–Trinajstić information content (AvgIpc) is 3.48. The van der Waals surface area contributed by atoms with Crippen molar-refractivity contribution in [1.82, 2.24) is 35.1 Å². The largest absolute Gasteiger partial charge is 0.484 e. The molecule has 12 heteroatoms. The van der Waals surface area contributed by atoms with Gasteiger partial charge in [0.25, 0.3) is 5.91 Å². The standard InChI is InChI=1S/C37H50N8O4/c1-35(2,3)30-20-23(19-28(40-30)32(46)38-22-36(4,5)44(8)9)39-34(47)41-27-16-17-29(26-14-12-11-13-25(26)27)49-24-15-18-31-42-43-33(45(31)21-24)37(6,7)48-10/h11-15,18-21,27,29H,16-17,22H2,1-10H3,(H,38,46)(H2,39,40,41,47)/t27-,29+/m0/s1. The first-order chi connectivity index (χ1) is 23.0. The van der Waals surface area contributed by atoms with Gasteiger partial charge < -0.3 is 30.3 Å². The van der Waals surface area contributed by atoms with Crippen LogP contribution in [0.25, 0.3) is 5.65 Å². The number of rotatable bonds is 10. The zero-order valence-corrected chi connectivity index (χ0v) is 30.3. The molecule has 3 N–H and O–H groups in total. The molecule has 0 saturated carbocycles. The number of likely N-dealkylation sites (N-methyl/N-ethyl adjacent to an activating group) is 1. The van der Waals surface area contributed by atoms with Crippen molar-refractivity contribution >= 4 is 23.3 Å². The van der Waals surface area contributed by atoms with E-state index >= 15 is 0 Å². The minimum atomic E-state index is -0.628. The number of aromatic nitrogens is 4. The summed E-state index contributed by atoms with van der Waals surface area (Å²) in [4.78, 5) is 33.4. The number of fused-ring (bicyclic) bond motifs is 2. The molecule has 1 aliphatic carbocycles. The fourth-order valence-corrected chi connectivity index (χ4v) is 5.60. The highest BCUT2D eigenvalue weighted by Gasteiger charge is 2.31. The van der Waals surface area contributed by atoms with Gasteiger partial charge in [-0.15, -0.1) is 10.2 Å². The molecule has 2 atom stereocenters. The molecule has 1 aromatic carbocycles. The number of amides is 3. The van der Waals surface area contributed by atoms with Gasteiger partial charge in [0.2, 0.25) is 0 Å². The molecular weight excluding hydrogens is 620 g/mol. The smallest absolute Gasteiger partial charge is 0.319 e. The first-order valence-electron chi connectivity index (χ1n) is 16.7. The molecule has 0 aliphatic heterocycles. The normalized spacial score (nSPS) is 16.7. The van der Waals surface area contributed by atoms with Crippen LogP contribution in [0.2, 0.25) is 0 Å². The fraction of sp³-hybridized carbons (Fsp3) is 0.486. The number of carbonyl (C=O) groups excluding carboxylic acids is 2. The highest BCUT2D eigenvalue weighted by molar-refractivity contribution is 5.95. The molecule has 12 nitrogen and oxygen atoms in total. The van der Waals surface area contributed by atoms with Crippen LogP contribution in [0.15, 0.2) is 54.7 Å². The van der Waals surface area contributed by atoms with Crippen LogP contribution >= 0.6 is 0 Å². The number of benzene rings is 1. The van der Waals surface area contributed by atoms with Gasteiger partial charge in [0, 0.05) is 36.0 Å². The van der Waals surface area contributed by atoms with Gasteiger partial charge >= 0.3 is 6.03 Å². The first-order valence-corrected chi connectivity index (χ1v) is 16.7. The van der Waals surface area contributed by atoms with Gasteiger partial charge in [-0.1, -0.05) is 45.0 Å². The molecule has 3 aromatic heterocycles. The van der Waals surface area contributed by atoms with Gasteiger partial charge in [-0.05, 0) is 90.0 Å². The number of urea groups is 1. The van der Waals surface area contributed by atoms with Crippen molar-refractivity contribution < 1.29 is 19.1 Å². The van der Waals surface area contributed by atoms with Crippen LogP contribution in [0.1, 0.15) is 107 Å². The number of nitrogens with zero attached hydrogens (tertiary/aromatic N) is 5. The summed E-state index contributed by atoms with van der Waals surface area (Å²) in [5.74, 6) is 1.07. The second kappa shape index (κ2) is 13.8. The zero-order chi connectivity index (χ0) is 35.7. The van der Waals surface area contributed by atoms with Gasteiger partial charge in [0.15, 0.2) is 11.5 Å². The third-order valence-electron chi connectivity index (χ3n) is 9.42. The quantitative estimate of drug-likeness (QED) is 0.183. The van der Waals surface area contributed by atoms with Crippen LogP contribution in [0.4, 0.5) is 10.5 Å². The van der Waals surface area contributed by atoms with Gasteiger partial charge in [-0.3, -0.25) is 9.20 Å². The van der Waals surface area contributed by atoms with Crippen LogP contribution in [0, 0.1) is 0 Å². The Morgan fingerprint density at radius 1 is 0.959 bits per heavy atom. The fourth-order valence-electron chi connectivity index (χ4n) is 5.60. The summed E-state index contributed by atoms with van der Waals surface area (Å²) in [6, 6.07) is 14.7. The Labute approximate surface area is 289 Å². The Morgan fingerprint density at radius 2 is 1.67 bits per heavy atom. The molecule has 1 aliphatic rings. The number of methoxy groups -OCH3 is 1. The molecule has 0 unspecified atom stereocenters. The van der Waals surface area contributed by atoms with E-state index in [2.05, 4.69) is 49.9 Å². The van der Waals surface area contributed by atoms with Crippen molar-refractivity contribution in [3.05, 3.63) is 83.1 Å². The van der Waals surface area contributed by atoms with Crippen molar-refractivity contribution in [3.63, 3.8) is 0 Å². The molecule has 3 heterocycles. The van der Waals surface area contributed by atoms with Gasteiger partial charge in [-0.2, -0.15) is 0 Å². The van der Waals surface area contributed by atoms with Gasteiger partial charge in [0.1, 0.15) is 23.1 Å².